The number of aromatic carboxylic acids is 1. The van der Waals surface area contributed by atoms with Crippen LogP contribution in [0.1, 0.15) is 34.8 Å². The van der Waals surface area contributed by atoms with E-state index < -0.39 is 5.97 Å². The zero-order valence-corrected chi connectivity index (χ0v) is 11.1. The first-order valence-corrected chi connectivity index (χ1v) is 6.53. The van der Waals surface area contributed by atoms with Crippen molar-refractivity contribution in [2.24, 2.45) is 0 Å². The summed E-state index contributed by atoms with van der Waals surface area (Å²) < 4.78 is 2.69. The van der Waals surface area contributed by atoms with Gasteiger partial charge in [-0.1, -0.05) is 22.0 Å². The summed E-state index contributed by atoms with van der Waals surface area (Å²) in [5.74, 6) is -0.573. The van der Waals surface area contributed by atoms with E-state index in [2.05, 4.69) is 21.0 Å². The Morgan fingerprint density at radius 2 is 2.22 bits per heavy atom. The molecule has 2 aromatic rings. The normalized spacial score (nSPS) is 14.7. The molecule has 0 spiro atoms. The Hall–Kier alpha value is -1.62. The van der Waals surface area contributed by atoms with Gasteiger partial charge in [-0.2, -0.15) is 5.10 Å². The molecule has 1 heterocycles. The van der Waals surface area contributed by atoms with Gasteiger partial charge in [0.2, 0.25) is 0 Å². The van der Waals surface area contributed by atoms with Crippen LogP contribution in [0.15, 0.2) is 34.9 Å². The molecule has 92 valence electrons. The van der Waals surface area contributed by atoms with Crippen molar-refractivity contribution in [3.8, 4) is 5.69 Å². The molecule has 0 unspecified atom stereocenters. The van der Waals surface area contributed by atoms with Gasteiger partial charge in [0.05, 0.1) is 17.6 Å². The lowest BCUT2D eigenvalue weighted by atomic mass is 10.1. The van der Waals surface area contributed by atoms with Gasteiger partial charge in [0.15, 0.2) is 0 Å². The van der Waals surface area contributed by atoms with Gasteiger partial charge < -0.3 is 5.11 Å². The Bertz CT molecular complexity index is 617. The molecule has 1 aromatic carbocycles. The standard InChI is InChI=1S/C13H11BrN2O2/c14-9-2-1-3-10(6-9)16-12(8-4-5-8)11(7-15-16)13(17)18/h1-3,6-8H,4-5H2,(H,17,18). The molecule has 3 rings (SSSR count). The molecule has 0 aliphatic heterocycles. The molecule has 1 aromatic heterocycles. The van der Waals surface area contributed by atoms with Gasteiger partial charge in [0, 0.05) is 10.4 Å². The molecule has 0 amide bonds. The molecule has 1 aliphatic rings. The number of carboxylic acid groups (broad SMARTS) is 1. The minimum atomic E-state index is -0.904. The molecule has 5 heteroatoms. The highest BCUT2D eigenvalue weighted by molar-refractivity contribution is 9.10. The van der Waals surface area contributed by atoms with Gasteiger partial charge in [-0.15, -0.1) is 0 Å². The monoisotopic (exact) mass is 306 g/mol. The summed E-state index contributed by atoms with van der Waals surface area (Å²) in [7, 11) is 0. The Labute approximate surface area is 112 Å². The quantitative estimate of drug-likeness (QED) is 0.947. The van der Waals surface area contributed by atoms with E-state index >= 15 is 0 Å². The molecule has 0 bridgehead atoms. The Balaban J connectivity index is 2.15. The smallest absolute Gasteiger partial charge is 0.339 e. The maximum absolute atomic E-state index is 11.2. The maximum atomic E-state index is 11.2. The van der Waals surface area contributed by atoms with Crippen LogP contribution in [0.2, 0.25) is 0 Å². The summed E-state index contributed by atoms with van der Waals surface area (Å²) in [5.41, 5.74) is 2.02. The van der Waals surface area contributed by atoms with E-state index in [4.69, 9.17) is 0 Å². The molecule has 1 fully saturated rings. The third-order valence-electron chi connectivity index (χ3n) is 3.05. The first-order chi connectivity index (χ1) is 8.66. The number of hydrogen-bond acceptors (Lipinski definition) is 2. The summed E-state index contributed by atoms with van der Waals surface area (Å²) in [6.07, 6.45) is 3.52. The molecule has 1 aliphatic carbocycles. The molecule has 0 saturated heterocycles. The summed E-state index contributed by atoms with van der Waals surface area (Å²) in [5, 5.41) is 13.4. The van der Waals surface area contributed by atoms with E-state index in [1.807, 2.05) is 24.3 Å². The molecule has 0 atom stereocenters. The topological polar surface area (TPSA) is 55.1 Å². The van der Waals surface area contributed by atoms with E-state index in [1.54, 1.807) is 4.68 Å². The van der Waals surface area contributed by atoms with Gasteiger partial charge in [-0.25, -0.2) is 9.48 Å². The fourth-order valence-electron chi connectivity index (χ4n) is 2.09. The Kier molecular flexibility index (Phi) is 2.70. The van der Waals surface area contributed by atoms with Crippen molar-refractivity contribution < 1.29 is 9.90 Å². The second kappa shape index (κ2) is 4.24. The van der Waals surface area contributed by atoms with Crippen molar-refractivity contribution in [2.75, 3.05) is 0 Å². The van der Waals surface area contributed by atoms with E-state index in [1.165, 1.54) is 6.20 Å². The third-order valence-corrected chi connectivity index (χ3v) is 3.55. The summed E-state index contributed by atoms with van der Waals surface area (Å²) in [6.45, 7) is 0. The van der Waals surface area contributed by atoms with Gasteiger partial charge in [-0.3, -0.25) is 0 Å². The van der Waals surface area contributed by atoms with Gasteiger partial charge in [0.1, 0.15) is 5.56 Å². The largest absolute Gasteiger partial charge is 0.478 e. The second-order valence-corrected chi connectivity index (χ2v) is 5.33. The third kappa shape index (κ3) is 1.95. The first-order valence-electron chi connectivity index (χ1n) is 5.74. The summed E-state index contributed by atoms with van der Waals surface area (Å²) >= 11 is 3.41. The van der Waals surface area contributed by atoms with Crippen LogP contribution >= 0.6 is 15.9 Å². The lowest BCUT2D eigenvalue weighted by Crippen LogP contribution is -2.05. The van der Waals surface area contributed by atoms with Crippen LogP contribution in [0.4, 0.5) is 0 Å². The van der Waals surface area contributed by atoms with Gasteiger partial charge >= 0.3 is 5.97 Å². The number of hydrogen-bond donors (Lipinski definition) is 1. The number of aromatic nitrogens is 2. The minimum absolute atomic E-state index is 0.317. The molecule has 1 N–H and O–H groups in total. The molecule has 0 radical (unpaired) electrons. The van der Waals surface area contributed by atoms with Gasteiger partial charge in [-0.05, 0) is 31.0 Å². The lowest BCUT2D eigenvalue weighted by molar-refractivity contribution is 0.0695. The average Bonchev–Trinajstić information content (AvgIpc) is 3.07. The van der Waals surface area contributed by atoms with Crippen LogP contribution < -0.4 is 0 Å². The molecule has 4 nitrogen and oxygen atoms in total. The number of nitrogens with zero attached hydrogens (tertiary/aromatic N) is 2. The van der Waals surface area contributed by atoms with Crippen molar-refractivity contribution in [3.63, 3.8) is 0 Å². The van der Waals surface area contributed by atoms with Crippen LogP contribution in [-0.4, -0.2) is 20.9 Å². The van der Waals surface area contributed by atoms with E-state index in [0.29, 0.717) is 11.5 Å². The highest BCUT2D eigenvalue weighted by atomic mass is 79.9. The highest BCUT2D eigenvalue weighted by Gasteiger charge is 2.32. The number of carbonyl (C=O) groups is 1. The summed E-state index contributed by atoms with van der Waals surface area (Å²) in [6, 6.07) is 7.71. The van der Waals surface area contributed by atoms with Crippen molar-refractivity contribution in [1.82, 2.24) is 9.78 Å². The van der Waals surface area contributed by atoms with Crippen molar-refractivity contribution in [2.45, 2.75) is 18.8 Å². The van der Waals surface area contributed by atoms with Crippen molar-refractivity contribution >= 4 is 21.9 Å². The first kappa shape index (κ1) is 11.5. The van der Waals surface area contributed by atoms with Crippen LogP contribution in [0.5, 0.6) is 0 Å². The van der Waals surface area contributed by atoms with E-state index in [9.17, 15) is 9.90 Å². The fourth-order valence-corrected chi connectivity index (χ4v) is 2.47. The fraction of sp³-hybridized carbons (Fsp3) is 0.231. The molecule has 18 heavy (non-hydrogen) atoms. The van der Waals surface area contributed by atoms with Crippen LogP contribution in [0.3, 0.4) is 0 Å². The van der Waals surface area contributed by atoms with Crippen LogP contribution in [-0.2, 0) is 0 Å². The Morgan fingerprint density at radius 3 is 2.83 bits per heavy atom. The average molecular weight is 307 g/mol. The van der Waals surface area contributed by atoms with Crippen LogP contribution in [0, 0.1) is 0 Å². The zero-order valence-electron chi connectivity index (χ0n) is 9.51. The van der Waals surface area contributed by atoms with Crippen LogP contribution in [0.25, 0.3) is 5.69 Å². The van der Waals surface area contributed by atoms with Crippen molar-refractivity contribution in [3.05, 3.63) is 46.2 Å². The predicted octanol–water partition coefficient (Wildman–Crippen LogP) is 3.21. The molecular weight excluding hydrogens is 296 g/mol. The zero-order chi connectivity index (χ0) is 12.7. The minimum Gasteiger partial charge on any atom is -0.478 e. The van der Waals surface area contributed by atoms with E-state index in [0.717, 1.165) is 28.7 Å². The van der Waals surface area contributed by atoms with E-state index in [-0.39, 0.29) is 0 Å². The summed E-state index contributed by atoms with van der Waals surface area (Å²) in [4.78, 5) is 11.2. The number of halogens is 1. The molecule has 1 saturated carbocycles. The number of rotatable bonds is 3. The SMILES string of the molecule is O=C(O)c1cnn(-c2cccc(Br)c2)c1C1CC1. The van der Waals surface area contributed by atoms with Crippen molar-refractivity contribution in [1.29, 1.82) is 0 Å². The lowest BCUT2D eigenvalue weighted by Gasteiger charge is -2.07. The second-order valence-electron chi connectivity index (χ2n) is 4.41. The highest BCUT2D eigenvalue weighted by Crippen LogP contribution is 2.42. The maximum Gasteiger partial charge on any atom is 0.339 e. The molecular formula is C13H11BrN2O2. The Morgan fingerprint density at radius 1 is 1.44 bits per heavy atom. The number of carboxylic acids is 1. The van der Waals surface area contributed by atoms with Gasteiger partial charge in [0.25, 0.3) is 0 Å². The number of benzene rings is 1. The predicted molar refractivity (Wildman–Crippen MR) is 70.2 cm³/mol.